The summed E-state index contributed by atoms with van der Waals surface area (Å²) in [5, 5.41) is 5.93. The molecule has 1 amide bonds. The van der Waals surface area contributed by atoms with Crippen molar-refractivity contribution in [1.82, 2.24) is 5.32 Å². The zero-order valence-electron chi connectivity index (χ0n) is 28.2. The first-order valence-corrected chi connectivity index (χ1v) is 16.2. The second-order valence-corrected chi connectivity index (χ2v) is 10.8. The third-order valence-corrected chi connectivity index (χ3v) is 6.55. The Morgan fingerprint density at radius 2 is 1.43 bits per heavy atom. The lowest BCUT2D eigenvalue weighted by molar-refractivity contribution is -0.288. The van der Waals surface area contributed by atoms with E-state index >= 15 is 0 Å². The van der Waals surface area contributed by atoms with Crippen LogP contribution in [0.5, 0.6) is 11.5 Å². The zero-order chi connectivity index (χ0) is 37.8. The molecule has 1 unspecified atom stereocenters. The Labute approximate surface area is 294 Å². The van der Waals surface area contributed by atoms with Crippen molar-refractivity contribution in [3.05, 3.63) is 34.2 Å². The summed E-state index contributed by atoms with van der Waals surface area (Å²) < 4.78 is 76.6. The normalized spacial score (nSPS) is 20.1. The maximum Gasteiger partial charge on any atom is 0.303 e. The number of nitrogens with one attached hydrogen (secondary N) is 1. The number of hydrogen-bond donors (Lipinski definition) is 1. The summed E-state index contributed by atoms with van der Waals surface area (Å²) in [6.07, 6.45) is -7.67. The summed E-state index contributed by atoms with van der Waals surface area (Å²) in [5.41, 5.74) is 8.14. The predicted octanol–water partition coefficient (Wildman–Crippen LogP) is 0.411. The van der Waals surface area contributed by atoms with Crippen LogP contribution in [0.2, 0.25) is 0 Å². The first-order chi connectivity index (χ1) is 24.3. The third-order valence-electron chi connectivity index (χ3n) is 6.23. The lowest BCUT2D eigenvalue weighted by Gasteiger charge is -2.44. The van der Waals surface area contributed by atoms with Crippen molar-refractivity contribution < 1.29 is 79.5 Å². The summed E-state index contributed by atoms with van der Waals surface area (Å²) in [6.45, 7) is 5.53. The van der Waals surface area contributed by atoms with Gasteiger partial charge in [-0.25, -0.2) is 4.21 Å². The van der Waals surface area contributed by atoms with Crippen molar-refractivity contribution in [1.29, 1.82) is 0 Å². The van der Waals surface area contributed by atoms with Crippen LogP contribution in [0, 0.1) is 0 Å². The molecule has 51 heavy (non-hydrogen) atoms. The van der Waals surface area contributed by atoms with Crippen LogP contribution in [0.15, 0.2) is 23.3 Å². The molecule has 0 spiro atoms. The number of nitrogens with zero attached hydrogens (tertiary/aromatic N) is 3. The molecular formula is C29H39N4O17S-. The van der Waals surface area contributed by atoms with Crippen molar-refractivity contribution >= 4 is 41.1 Å². The first kappa shape index (κ1) is 42.6. The van der Waals surface area contributed by atoms with Crippen LogP contribution in [-0.4, -0.2) is 129 Å². The zero-order valence-corrected chi connectivity index (χ0v) is 29.0. The highest BCUT2D eigenvalue weighted by Gasteiger charge is 2.53. The van der Waals surface area contributed by atoms with Gasteiger partial charge in [-0.2, -0.15) is 0 Å². The number of amides is 1. The van der Waals surface area contributed by atoms with E-state index in [9.17, 15) is 32.7 Å². The van der Waals surface area contributed by atoms with Gasteiger partial charge in [0.05, 0.1) is 39.6 Å². The Morgan fingerprint density at radius 3 is 2.02 bits per heavy atom. The second-order valence-electron chi connectivity index (χ2n) is 10.2. The van der Waals surface area contributed by atoms with Crippen molar-refractivity contribution in [3.63, 3.8) is 0 Å². The molecule has 284 valence electrons. The van der Waals surface area contributed by atoms with Gasteiger partial charge in [-0.1, -0.05) is 5.11 Å². The molecule has 1 fully saturated rings. The van der Waals surface area contributed by atoms with Crippen LogP contribution in [0.4, 0.5) is 0 Å². The number of ether oxygens (including phenoxy) is 9. The molecule has 1 saturated heterocycles. The quantitative estimate of drug-likeness (QED) is 0.0320. The molecule has 0 radical (unpaired) electrons. The van der Waals surface area contributed by atoms with E-state index in [-0.39, 0.29) is 50.8 Å². The lowest BCUT2D eigenvalue weighted by Crippen LogP contribution is -2.63. The monoisotopic (exact) mass is 747 g/mol. The summed E-state index contributed by atoms with van der Waals surface area (Å²) in [6, 6.07) is 3.48. The van der Waals surface area contributed by atoms with Crippen LogP contribution in [0.3, 0.4) is 0 Å². The summed E-state index contributed by atoms with van der Waals surface area (Å²) >= 11 is -3.16. The summed E-state index contributed by atoms with van der Waals surface area (Å²) in [7, 11) is 0. The van der Waals surface area contributed by atoms with Crippen LogP contribution >= 0.6 is 0 Å². The molecule has 0 aromatic heterocycles. The largest absolute Gasteiger partial charge is 0.740 e. The van der Waals surface area contributed by atoms with Crippen molar-refractivity contribution in [2.24, 2.45) is 5.11 Å². The van der Waals surface area contributed by atoms with E-state index in [0.29, 0.717) is 13.2 Å². The molecule has 6 atom stereocenters. The number of carbonyl (C=O) groups excluding carboxylic acids is 5. The minimum absolute atomic E-state index is 0.0480. The van der Waals surface area contributed by atoms with E-state index < -0.39 is 84.2 Å². The Kier molecular flexibility index (Phi) is 19.2. The van der Waals surface area contributed by atoms with Gasteiger partial charge in [-0.3, -0.25) is 24.0 Å². The molecule has 1 aliphatic heterocycles. The van der Waals surface area contributed by atoms with Crippen molar-refractivity contribution in [2.75, 3.05) is 59.3 Å². The van der Waals surface area contributed by atoms with Crippen molar-refractivity contribution in [2.45, 2.75) is 58.4 Å². The maximum atomic E-state index is 12.8. The fourth-order valence-electron chi connectivity index (χ4n) is 4.32. The minimum atomic E-state index is -3.16. The van der Waals surface area contributed by atoms with Crippen LogP contribution in [0.1, 0.15) is 38.1 Å². The molecule has 2 rings (SSSR count). The smallest absolute Gasteiger partial charge is 0.303 e. The van der Waals surface area contributed by atoms with Gasteiger partial charge in [0, 0.05) is 51.3 Å². The Balaban J connectivity index is 2.15. The number of esters is 4. The van der Waals surface area contributed by atoms with E-state index in [1.807, 2.05) is 0 Å². The second kappa shape index (κ2) is 23.0. The topological polar surface area (TPSA) is 279 Å². The van der Waals surface area contributed by atoms with E-state index in [2.05, 4.69) is 15.3 Å². The number of hydrogen-bond acceptors (Lipinski definition) is 18. The molecule has 1 heterocycles. The van der Waals surface area contributed by atoms with Crippen LogP contribution in [-0.2, 0) is 68.4 Å². The van der Waals surface area contributed by atoms with Gasteiger partial charge in [-0.05, 0) is 23.7 Å². The Morgan fingerprint density at radius 1 is 0.843 bits per heavy atom. The fourth-order valence-corrected chi connectivity index (χ4v) is 4.60. The van der Waals surface area contributed by atoms with Crippen LogP contribution in [0.25, 0.3) is 10.4 Å². The molecule has 1 aromatic rings. The van der Waals surface area contributed by atoms with Gasteiger partial charge in [0.1, 0.15) is 24.1 Å². The highest BCUT2D eigenvalue weighted by Crippen LogP contribution is 2.35. The van der Waals surface area contributed by atoms with E-state index in [4.69, 9.17) is 52.3 Å². The predicted molar refractivity (Wildman–Crippen MR) is 167 cm³/mol. The molecule has 0 bridgehead atoms. The number of benzene rings is 1. The molecule has 0 saturated carbocycles. The van der Waals surface area contributed by atoms with E-state index in [1.54, 1.807) is 0 Å². The van der Waals surface area contributed by atoms with Crippen molar-refractivity contribution in [3.8, 4) is 11.5 Å². The average Bonchev–Trinajstić information content (AvgIpc) is 3.04. The number of carbonyl (C=O) groups is 5. The molecule has 21 nitrogen and oxygen atoms in total. The Hall–Kier alpha value is -4.57. The van der Waals surface area contributed by atoms with Gasteiger partial charge in [0.25, 0.3) is 5.91 Å². The van der Waals surface area contributed by atoms with E-state index in [0.717, 1.165) is 33.8 Å². The fraction of sp³-hybridized carbons (Fsp3) is 0.621. The standard InChI is InChI=1S/C29H40N4O17S/c1-17(34)44-16-24-25(45-18(2)35)26(46-19(3)36)27(47-20(4)37)29(49-24)48-22-6-5-21(15-23(22)50-51(39)40)28(38)31-7-9-41-11-13-43-14-12-42-10-8-32-33-30/h5-6,15,24-27,29H,7-14,16H2,1-4H3,(H,31,38)(H,39,40)/p-1/t24-,25+,26+,27-,29-/m1/s1. The highest BCUT2D eigenvalue weighted by molar-refractivity contribution is 7.74. The molecule has 0 aliphatic carbocycles. The average molecular weight is 748 g/mol. The highest BCUT2D eigenvalue weighted by atomic mass is 32.2. The number of rotatable bonds is 22. The summed E-state index contributed by atoms with van der Waals surface area (Å²) in [5.74, 6) is -4.78. The van der Waals surface area contributed by atoms with Gasteiger partial charge < -0.3 is 56.7 Å². The van der Waals surface area contributed by atoms with Gasteiger partial charge >= 0.3 is 23.9 Å². The van der Waals surface area contributed by atoms with Gasteiger partial charge in [0.2, 0.25) is 12.4 Å². The molecular weight excluding hydrogens is 708 g/mol. The first-order valence-electron chi connectivity index (χ1n) is 15.2. The number of azide groups is 1. The summed E-state index contributed by atoms with van der Waals surface area (Å²) in [4.78, 5) is 63.1. The molecule has 1 aliphatic rings. The molecule has 22 heteroatoms. The van der Waals surface area contributed by atoms with E-state index in [1.165, 1.54) is 12.1 Å². The SMILES string of the molecule is CC(=O)OC[C@H]1O[C@@H](Oc2ccc(C(=O)NCCOCCOCCOCCN=[N+]=[N-])cc2OS(=O)[O-])[C@H](OC(C)=O)[C@@H](OC(C)=O)[C@H]1OC(C)=O. The minimum Gasteiger partial charge on any atom is -0.740 e. The van der Waals surface area contributed by atoms with Crippen LogP contribution < -0.4 is 14.2 Å². The van der Waals surface area contributed by atoms with Gasteiger partial charge in [0.15, 0.2) is 23.7 Å². The lowest BCUT2D eigenvalue weighted by atomic mass is 9.98. The molecule has 1 aromatic carbocycles. The Bertz CT molecular complexity index is 1410. The molecule has 1 N–H and O–H groups in total. The van der Waals surface area contributed by atoms with Gasteiger partial charge in [-0.15, -0.1) is 0 Å². The third kappa shape index (κ3) is 16.3. The maximum absolute atomic E-state index is 12.8.